The van der Waals surface area contributed by atoms with Crippen LogP contribution in [0.2, 0.25) is 0 Å². The standard InChI is InChI=1S/C22H23F2N3O2S/c1-15-5-3-4-6-19(15)26-20(28)11-21-25-17(14-30-21)13-27(2)12-16-7-9-18(10-8-16)29-22(23)24/h3-10,14,22H,11-13H2,1-2H3,(H,26,28). The maximum Gasteiger partial charge on any atom is 0.387 e. The van der Waals surface area contributed by atoms with Crippen LogP contribution in [0, 0.1) is 6.92 Å². The molecule has 8 heteroatoms. The fourth-order valence-corrected chi connectivity index (χ4v) is 3.75. The van der Waals surface area contributed by atoms with Gasteiger partial charge in [-0.05, 0) is 43.3 Å². The zero-order chi connectivity index (χ0) is 21.5. The van der Waals surface area contributed by atoms with Gasteiger partial charge >= 0.3 is 6.61 Å². The van der Waals surface area contributed by atoms with Gasteiger partial charge in [-0.2, -0.15) is 8.78 Å². The molecule has 1 N–H and O–H groups in total. The minimum atomic E-state index is -2.82. The van der Waals surface area contributed by atoms with Crippen LogP contribution in [-0.2, 0) is 24.3 Å². The predicted molar refractivity (Wildman–Crippen MR) is 114 cm³/mol. The van der Waals surface area contributed by atoms with Gasteiger partial charge < -0.3 is 10.1 Å². The van der Waals surface area contributed by atoms with Crippen LogP contribution in [0.5, 0.6) is 5.75 Å². The number of para-hydroxylation sites is 1. The third-order valence-corrected chi connectivity index (χ3v) is 5.26. The van der Waals surface area contributed by atoms with E-state index in [9.17, 15) is 13.6 Å². The summed E-state index contributed by atoms with van der Waals surface area (Å²) in [4.78, 5) is 18.9. The van der Waals surface area contributed by atoms with E-state index < -0.39 is 6.61 Å². The number of hydrogen-bond donors (Lipinski definition) is 1. The van der Waals surface area contributed by atoms with E-state index in [0.717, 1.165) is 27.5 Å². The summed E-state index contributed by atoms with van der Waals surface area (Å²) in [5.41, 5.74) is 3.69. The Balaban J connectivity index is 1.49. The Morgan fingerprint density at radius 2 is 1.90 bits per heavy atom. The zero-order valence-corrected chi connectivity index (χ0v) is 17.6. The van der Waals surface area contributed by atoms with Gasteiger partial charge in [0.1, 0.15) is 10.8 Å². The summed E-state index contributed by atoms with van der Waals surface area (Å²) in [7, 11) is 1.95. The Morgan fingerprint density at radius 1 is 1.17 bits per heavy atom. The highest BCUT2D eigenvalue weighted by molar-refractivity contribution is 7.09. The molecule has 0 spiro atoms. The van der Waals surface area contributed by atoms with Gasteiger partial charge in [0.15, 0.2) is 0 Å². The number of aryl methyl sites for hydroxylation is 1. The van der Waals surface area contributed by atoms with Crippen molar-refractivity contribution in [2.75, 3.05) is 12.4 Å². The molecule has 0 bridgehead atoms. The lowest BCUT2D eigenvalue weighted by Gasteiger charge is -2.15. The van der Waals surface area contributed by atoms with E-state index in [4.69, 9.17) is 0 Å². The quantitative estimate of drug-likeness (QED) is 0.525. The Morgan fingerprint density at radius 3 is 2.60 bits per heavy atom. The molecule has 3 rings (SSSR count). The van der Waals surface area contributed by atoms with Gasteiger partial charge in [-0.15, -0.1) is 11.3 Å². The molecule has 0 saturated heterocycles. The van der Waals surface area contributed by atoms with E-state index in [2.05, 4.69) is 19.9 Å². The maximum absolute atomic E-state index is 12.3. The molecule has 1 aromatic heterocycles. The molecule has 0 aliphatic heterocycles. The van der Waals surface area contributed by atoms with Crippen molar-refractivity contribution in [1.82, 2.24) is 9.88 Å². The number of rotatable bonds is 9. The number of thiazole rings is 1. The van der Waals surface area contributed by atoms with Gasteiger partial charge in [0.25, 0.3) is 0 Å². The first kappa shape index (κ1) is 21.9. The Bertz CT molecular complexity index is 977. The molecule has 3 aromatic rings. The van der Waals surface area contributed by atoms with Crippen molar-refractivity contribution in [2.24, 2.45) is 0 Å². The number of carbonyl (C=O) groups excluding carboxylic acids is 1. The number of ether oxygens (including phenoxy) is 1. The predicted octanol–water partition coefficient (Wildman–Crippen LogP) is 4.87. The number of aromatic nitrogens is 1. The molecule has 30 heavy (non-hydrogen) atoms. The second-order valence-electron chi connectivity index (χ2n) is 6.97. The van der Waals surface area contributed by atoms with Crippen molar-refractivity contribution >= 4 is 22.9 Å². The molecule has 0 saturated carbocycles. The summed E-state index contributed by atoms with van der Waals surface area (Å²) in [5, 5.41) is 5.63. The summed E-state index contributed by atoms with van der Waals surface area (Å²) in [5.74, 6) is 0.0502. The van der Waals surface area contributed by atoms with Crippen molar-refractivity contribution in [1.29, 1.82) is 0 Å². The molecular formula is C22H23F2N3O2S. The summed E-state index contributed by atoms with van der Waals surface area (Å²) >= 11 is 1.46. The van der Waals surface area contributed by atoms with E-state index in [1.54, 1.807) is 12.1 Å². The van der Waals surface area contributed by atoms with Gasteiger partial charge in [0.2, 0.25) is 5.91 Å². The number of nitrogens with zero attached hydrogens (tertiary/aromatic N) is 2. The fourth-order valence-electron chi connectivity index (χ4n) is 2.97. The largest absolute Gasteiger partial charge is 0.435 e. The van der Waals surface area contributed by atoms with Crippen LogP contribution < -0.4 is 10.1 Å². The molecule has 0 aliphatic rings. The average molecular weight is 432 g/mol. The Kier molecular flexibility index (Phi) is 7.48. The molecule has 0 aliphatic carbocycles. The molecule has 0 fully saturated rings. The third kappa shape index (κ3) is 6.60. The topological polar surface area (TPSA) is 54.5 Å². The highest BCUT2D eigenvalue weighted by atomic mass is 32.1. The van der Waals surface area contributed by atoms with E-state index >= 15 is 0 Å². The van der Waals surface area contributed by atoms with Gasteiger partial charge in [-0.3, -0.25) is 9.69 Å². The monoisotopic (exact) mass is 431 g/mol. The van der Waals surface area contributed by atoms with Crippen molar-refractivity contribution in [3.05, 3.63) is 75.7 Å². The minimum Gasteiger partial charge on any atom is -0.435 e. The van der Waals surface area contributed by atoms with Crippen LogP contribution in [0.1, 0.15) is 21.8 Å². The third-order valence-electron chi connectivity index (χ3n) is 4.36. The summed E-state index contributed by atoms with van der Waals surface area (Å²) in [6.45, 7) is 0.379. The maximum atomic E-state index is 12.3. The number of anilines is 1. The Hall–Kier alpha value is -2.84. The van der Waals surface area contributed by atoms with Gasteiger partial charge in [0, 0.05) is 24.2 Å². The van der Waals surface area contributed by atoms with Gasteiger partial charge in [0.05, 0.1) is 12.1 Å². The summed E-state index contributed by atoms with van der Waals surface area (Å²) < 4.78 is 28.8. The minimum absolute atomic E-state index is 0.0929. The van der Waals surface area contributed by atoms with Crippen molar-refractivity contribution < 1.29 is 18.3 Å². The normalized spacial score (nSPS) is 11.1. The smallest absolute Gasteiger partial charge is 0.387 e. The van der Waals surface area contributed by atoms with Crippen molar-refractivity contribution in [2.45, 2.75) is 33.0 Å². The molecule has 2 aromatic carbocycles. The van der Waals surface area contributed by atoms with E-state index in [1.807, 2.05) is 43.6 Å². The van der Waals surface area contributed by atoms with Gasteiger partial charge in [-0.1, -0.05) is 30.3 Å². The summed E-state index contributed by atoms with van der Waals surface area (Å²) in [6.07, 6.45) is 0.230. The van der Waals surface area contributed by atoms with E-state index in [-0.39, 0.29) is 18.1 Å². The molecule has 158 valence electrons. The molecule has 0 unspecified atom stereocenters. The number of halogens is 2. The fraction of sp³-hybridized carbons (Fsp3) is 0.273. The van der Waals surface area contributed by atoms with Crippen molar-refractivity contribution in [3.63, 3.8) is 0 Å². The molecular weight excluding hydrogens is 408 g/mol. The van der Waals surface area contributed by atoms with Crippen LogP contribution in [0.15, 0.2) is 53.9 Å². The first-order valence-electron chi connectivity index (χ1n) is 9.40. The second-order valence-corrected chi connectivity index (χ2v) is 7.91. The number of alkyl halides is 2. The van der Waals surface area contributed by atoms with Crippen LogP contribution in [0.25, 0.3) is 0 Å². The van der Waals surface area contributed by atoms with Crippen LogP contribution >= 0.6 is 11.3 Å². The zero-order valence-electron chi connectivity index (χ0n) is 16.8. The van der Waals surface area contributed by atoms with E-state index in [0.29, 0.717) is 13.1 Å². The van der Waals surface area contributed by atoms with Crippen LogP contribution in [-0.4, -0.2) is 29.5 Å². The molecule has 1 heterocycles. The second kappa shape index (κ2) is 10.3. The van der Waals surface area contributed by atoms with Crippen molar-refractivity contribution in [3.8, 4) is 5.75 Å². The lowest BCUT2D eigenvalue weighted by Crippen LogP contribution is -2.18. The average Bonchev–Trinajstić information content (AvgIpc) is 3.11. The van der Waals surface area contributed by atoms with Crippen LogP contribution in [0.3, 0.4) is 0 Å². The lowest BCUT2D eigenvalue weighted by atomic mass is 10.2. The first-order chi connectivity index (χ1) is 14.4. The molecule has 0 atom stereocenters. The highest BCUT2D eigenvalue weighted by Gasteiger charge is 2.11. The molecule has 1 amide bonds. The number of nitrogens with one attached hydrogen (secondary N) is 1. The number of carbonyl (C=O) groups is 1. The first-order valence-corrected chi connectivity index (χ1v) is 10.3. The summed E-state index contributed by atoms with van der Waals surface area (Å²) in [6, 6.07) is 14.2. The Labute approximate surface area is 178 Å². The number of hydrogen-bond acceptors (Lipinski definition) is 5. The SMILES string of the molecule is Cc1ccccc1NC(=O)Cc1nc(CN(C)Cc2ccc(OC(F)F)cc2)cs1. The highest BCUT2D eigenvalue weighted by Crippen LogP contribution is 2.18. The number of benzene rings is 2. The van der Waals surface area contributed by atoms with Crippen LogP contribution in [0.4, 0.5) is 14.5 Å². The molecule has 5 nitrogen and oxygen atoms in total. The lowest BCUT2D eigenvalue weighted by molar-refractivity contribution is -0.115. The van der Waals surface area contributed by atoms with Gasteiger partial charge in [-0.25, -0.2) is 4.98 Å². The number of amides is 1. The molecule has 0 radical (unpaired) electrons. The van der Waals surface area contributed by atoms with E-state index in [1.165, 1.54) is 23.5 Å².